The topological polar surface area (TPSA) is 82.0 Å². The minimum atomic E-state index is -0.900. The number of ether oxygens (including phenoxy) is 1. The number of benzene rings is 2. The Kier molecular flexibility index (Phi) is 9.11. The summed E-state index contributed by atoms with van der Waals surface area (Å²) < 4.78 is 5.35. The molecule has 0 bridgehead atoms. The van der Waals surface area contributed by atoms with E-state index in [1.54, 1.807) is 17.0 Å². The minimum Gasteiger partial charge on any atom is -0.444 e. The molecule has 0 atom stereocenters. The number of aliphatic hydroxyl groups is 2. The fourth-order valence-corrected chi connectivity index (χ4v) is 4.58. The molecule has 2 fully saturated rings. The van der Waals surface area contributed by atoms with Gasteiger partial charge in [0.2, 0.25) is 0 Å². The highest BCUT2D eigenvalue weighted by Gasteiger charge is 2.36. The lowest BCUT2D eigenvalue weighted by Gasteiger charge is -2.38. The molecule has 0 saturated carbocycles. The first-order valence-corrected chi connectivity index (χ1v) is 12.8. The summed E-state index contributed by atoms with van der Waals surface area (Å²) in [6, 6.07) is 14.7. The van der Waals surface area contributed by atoms with Gasteiger partial charge in [-0.05, 0) is 94.9 Å². The summed E-state index contributed by atoms with van der Waals surface area (Å²) in [7, 11) is 0. The van der Waals surface area contributed by atoms with Crippen molar-refractivity contribution in [1.82, 2.24) is 10.2 Å². The summed E-state index contributed by atoms with van der Waals surface area (Å²) in [6.07, 6.45) is 2.21. The van der Waals surface area contributed by atoms with Crippen molar-refractivity contribution in [2.45, 2.75) is 63.3 Å². The number of nitrogens with zero attached hydrogens (tertiary/aromatic N) is 1. The van der Waals surface area contributed by atoms with Crippen LogP contribution in [0.15, 0.2) is 48.5 Å². The van der Waals surface area contributed by atoms with E-state index in [-0.39, 0.29) is 6.09 Å². The first-order chi connectivity index (χ1) is 16.4. The summed E-state index contributed by atoms with van der Waals surface area (Å²) in [5.74, 6) is 0. The zero-order chi connectivity index (χ0) is 25.7. The summed E-state index contributed by atoms with van der Waals surface area (Å²) in [4.78, 5) is 13.7. The van der Waals surface area contributed by atoms with Crippen LogP contribution >= 0.6 is 23.2 Å². The van der Waals surface area contributed by atoms with E-state index in [0.29, 0.717) is 36.0 Å². The Morgan fingerprint density at radius 2 is 1.23 bits per heavy atom. The van der Waals surface area contributed by atoms with Crippen molar-refractivity contribution in [1.29, 1.82) is 0 Å². The monoisotopic (exact) mass is 522 g/mol. The number of nitrogens with one attached hydrogen (secondary N) is 1. The second kappa shape index (κ2) is 11.5. The smallest absolute Gasteiger partial charge is 0.410 e. The normalized spacial score (nSPS) is 19.3. The lowest BCUT2D eigenvalue weighted by molar-refractivity contribution is -0.0356. The number of hydrogen-bond donors (Lipinski definition) is 3. The Morgan fingerprint density at radius 1 is 0.829 bits per heavy atom. The van der Waals surface area contributed by atoms with Crippen molar-refractivity contribution in [2.24, 2.45) is 0 Å². The molecule has 2 aromatic carbocycles. The van der Waals surface area contributed by atoms with Crippen LogP contribution in [-0.2, 0) is 15.9 Å². The molecule has 0 radical (unpaired) electrons. The van der Waals surface area contributed by atoms with Crippen molar-refractivity contribution in [3.05, 3.63) is 69.7 Å². The van der Waals surface area contributed by atoms with Gasteiger partial charge < -0.3 is 25.2 Å². The van der Waals surface area contributed by atoms with Gasteiger partial charge in [-0.2, -0.15) is 0 Å². The number of piperidine rings is 2. The van der Waals surface area contributed by atoms with E-state index in [0.717, 1.165) is 37.1 Å². The van der Waals surface area contributed by atoms with Crippen molar-refractivity contribution in [3.63, 3.8) is 0 Å². The van der Waals surface area contributed by atoms with Gasteiger partial charge in [0, 0.05) is 23.1 Å². The lowest BCUT2D eigenvalue weighted by atomic mass is 9.84. The molecule has 0 aromatic heterocycles. The van der Waals surface area contributed by atoms with E-state index in [4.69, 9.17) is 27.9 Å². The van der Waals surface area contributed by atoms with E-state index in [1.807, 2.05) is 57.2 Å². The van der Waals surface area contributed by atoms with Crippen LogP contribution < -0.4 is 5.32 Å². The van der Waals surface area contributed by atoms with Crippen LogP contribution in [0.3, 0.4) is 0 Å². The number of carbonyl (C=O) groups is 1. The molecule has 1 amide bonds. The van der Waals surface area contributed by atoms with Gasteiger partial charge in [0.25, 0.3) is 0 Å². The van der Waals surface area contributed by atoms with Gasteiger partial charge in [-0.25, -0.2) is 4.79 Å². The molecule has 2 aliphatic rings. The summed E-state index contributed by atoms with van der Waals surface area (Å²) in [5, 5.41) is 25.7. The van der Waals surface area contributed by atoms with E-state index in [9.17, 15) is 15.0 Å². The van der Waals surface area contributed by atoms with Crippen LogP contribution in [0.2, 0.25) is 10.0 Å². The lowest BCUT2D eigenvalue weighted by Crippen LogP contribution is -2.46. The molecule has 3 N–H and O–H groups in total. The number of carbonyl (C=O) groups excluding carboxylic acids is 1. The quantitative estimate of drug-likeness (QED) is 0.487. The first kappa shape index (κ1) is 27.8. The van der Waals surface area contributed by atoms with Gasteiger partial charge in [0.05, 0.1) is 11.2 Å². The van der Waals surface area contributed by atoms with Gasteiger partial charge in [0.15, 0.2) is 0 Å². The molecule has 2 saturated heterocycles. The maximum Gasteiger partial charge on any atom is 0.410 e. The molecule has 35 heavy (non-hydrogen) atoms. The van der Waals surface area contributed by atoms with Crippen molar-refractivity contribution in [2.75, 3.05) is 26.2 Å². The molecule has 4 rings (SSSR count). The third-order valence-electron chi connectivity index (χ3n) is 6.44. The average Bonchev–Trinajstić information content (AvgIpc) is 2.80. The molecule has 6 nitrogen and oxygen atoms in total. The summed E-state index contributed by atoms with van der Waals surface area (Å²) >= 11 is 11.7. The largest absolute Gasteiger partial charge is 0.444 e. The maximum atomic E-state index is 12.0. The van der Waals surface area contributed by atoms with Crippen LogP contribution in [-0.4, -0.2) is 53.0 Å². The fourth-order valence-electron chi connectivity index (χ4n) is 4.32. The van der Waals surface area contributed by atoms with Crippen molar-refractivity contribution in [3.8, 4) is 0 Å². The standard InChI is InChI=1S/C16H22ClNO3.C11H14ClNO/c1-15(2,3)21-14(19)18-10-8-16(20,9-11-18)12-4-6-13(17)7-5-12;12-10-3-1-9(2-4-10)11(14)5-7-13-8-6-11/h4-7,20H,8-11H2,1-3H3;1-4,13-14H,5-8H2. The number of hydrogen-bond acceptors (Lipinski definition) is 5. The highest BCUT2D eigenvalue weighted by atomic mass is 35.5. The minimum absolute atomic E-state index is 0.319. The first-order valence-electron chi connectivity index (χ1n) is 12.1. The van der Waals surface area contributed by atoms with E-state index < -0.39 is 16.8 Å². The second-order valence-corrected chi connectivity index (χ2v) is 11.2. The van der Waals surface area contributed by atoms with Crippen LogP contribution in [0.4, 0.5) is 4.79 Å². The Morgan fingerprint density at radius 3 is 1.63 bits per heavy atom. The fraction of sp³-hybridized carbons (Fsp3) is 0.519. The number of likely N-dealkylation sites (tertiary alicyclic amines) is 1. The Bertz CT molecular complexity index is 960. The molecular formula is C27H36Cl2N2O4. The van der Waals surface area contributed by atoms with Gasteiger partial charge in [-0.3, -0.25) is 0 Å². The highest BCUT2D eigenvalue weighted by Crippen LogP contribution is 2.34. The van der Waals surface area contributed by atoms with E-state index >= 15 is 0 Å². The third kappa shape index (κ3) is 7.83. The Labute approximate surface area is 218 Å². The second-order valence-electron chi connectivity index (χ2n) is 10.3. The molecule has 2 aliphatic heterocycles. The maximum absolute atomic E-state index is 12.0. The Balaban J connectivity index is 0.000000211. The van der Waals surface area contributed by atoms with Crippen LogP contribution in [0.1, 0.15) is 57.6 Å². The summed E-state index contributed by atoms with van der Waals surface area (Å²) in [6.45, 7) is 8.25. The molecule has 0 spiro atoms. The highest BCUT2D eigenvalue weighted by molar-refractivity contribution is 6.30. The van der Waals surface area contributed by atoms with Gasteiger partial charge >= 0.3 is 6.09 Å². The van der Waals surface area contributed by atoms with Crippen LogP contribution in [0.5, 0.6) is 0 Å². The molecule has 8 heteroatoms. The van der Waals surface area contributed by atoms with Gasteiger partial charge in [0.1, 0.15) is 5.60 Å². The molecular weight excluding hydrogens is 487 g/mol. The van der Waals surface area contributed by atoms with Crippen molar-refractivity contribution >= 4 is 29.3 Å². The van der Waals surface area contributed by atoms with Crippen LogP contribution in [0.25, 0.3) is 0 Å². The predicted molar refractivity (Wildman–Crippen MR) is 140 cm³/mol. The number of halogens is 2. The molecule has 0 unspecified atom stereocenters. The number of rotatable bonds is 2. The third-order valence-corrected chi connectivity index (χ3v) is 6.94. The molecule has 0 aliphatic carbocycles. The van der Waals surface area contributed by atoms with Crippen LogP contribution in [0, 0.1) is 0 Å². The summed E-state index contributed by atoms with van der Waals surface area (Å²) in [5.41, 5.74) is -0.237. The van der Waals surface area contributed by atoms with Crippen molar-refractivity contribution < 1.29 is 19.7 Å². The van der Waals surface area contributed by atoms with Gasteiger partial charge in [-0.1, -0.05) is 47.5 Å². The predicted octanol–water partition coefficient (Wildman–Crippen LogP) is 5.47. The molecule has 192 valence electrons. The van der Waals surface area contributed by atoms with E-state index in [1.165, 1.54) is 0 Å². The average molecular weight is 524 g/mol. The molecule has 2 aromatic rings. The zero-order valence-corrected chi connectivity index (χ0v) is 22.2. The zero-order valence-electron chi connectivity index (χ0n) is 20.7. The van der Waals surface area contributed by atoms with E-state index in [2.05, 4.69) is 5.32 Å². The molecule has 2 heterocycles. The van der Waals surface area contributed by atoms with Gasteiger partial charge in [-0.15, -0.1) is 0 Å². The number of amides is 1. The SMILES string of the molecule is CC(C)(C)OC(=O)N1CCC(O)(c2ccc(Cl)cc2)CC1.OC1(c2ccc(Cl)cc2)CCNCC1. The Hall–Kier alpha value is -1.83.